The van der Waals surface area contributed by atoms with Gasteiger partial charge in [-0.2, -0.15) is 0 Å². The molecule has 0 aliphatic carbocycles. The van der Waals surface area contributed by atoms with Gasteiger partial charge in [-0.1, -0.05) is 46.9 Å². The summed E-state index contributed by atoms with van der Waals surface area (Å²) in [6.45, 7) is 0.246. The summed E-state index contributed by atoms with van der Waals surface area (Å²) in [6.07, 6.45) is 1.57. The summed E-state index contributed by atoms with van der Waals surface area (Å²) in [5, 5.41) is 0.772. The first-order valence-corrected chi connectivity index (χ1v) is 12.2. The third-order valence-corrected chi connectivity index (χ3v) is 6.50. The van der Waals surface area contributed by atoms with Crippen LogP contribution >= 0.6 is 46.6 Å². The zero-order chi connectivity index (χ0) is 24.9. The third kappa shape index (κ3) is 6.38. The molecule has 4 rings (SSSR count). The molecule has 1 heterocycles. The maximum atomic E-state index is 12.8. The molecule has 1 fully saturated rings. The summed E-state index contributed by atoms with van der Waals surface area (Å²) in [6, 6.07) is 17.8. The van der Waals surface area contributed by atoms with Gasteiger partial charge in [-0.15, -0.1) is 0 Å². The van der Waals surface area contributed by atoms with Crippen molar-refractivity contribution in [3.63, 3.8) is 0 Å². The molecule has 3 aromatic carbocycles. The van der Waals surface area contributed by atoms with Crippen molar-refractivity contribution < 1.29 is 23.9 Å². The van der Waals surface area contributed by atoms with Gasteiger partial charge in [-0.3, -0.25) is 14.5 Å². The number of rotatable bonds is 7. The molecular weight excluding hydrogens is 533 g/mol. The molecule has 0 aromatic heterocycles. The molecule has 35 heavy (non-hydrogen) atoms. The topological polar surface area (TPSA) is 72.9 Å². The zero-order valence-corrected chi connectivity index (χ0v) is 21.0. The first kappa shape index (κ1) is 25.1. The molecule has 1 saturated heterocycles. The summed E-state index contributed by atoms with van der Waals surface area (Å²) >= 11 is 18.6. The van der Waals surface area contributed by atoms with Gasteiger partial charge in [-0.25, -0.2) is 4.79 Å². The van der Waals surface area contributed by atoms with E-state index in [-0.39, 0.29) is 39.6 Å². The monoisotopic (exact) mass is 547 g/mol. The predicted octanol–water partition coefficient (Wildman–Crippen LogP) is 6.98. The number of hydrogen-bond acceptors (Lipinski definition) is 6. The lowest BCUT2D eigenvalue weighted by atomic mass is 10.2. The van der Waals surface area contributed by atoms with Crippen LogP contribution in [0, 0.1) is 0 Å². The van der Waals surface area contributed by atoms with Gasteiger partial charge in [0.1, 0.15) is 18.1 Å². The first-order valence-electron chi connectivity index (χ1n) is 10.2. The van der Waals surface area contributed by atoms with Crippen LogP contribution < -0.4 is 9.47 Å². The molecule has 1 aliphatic rings. The number of carbonyl (C=O) groups excluding carboxylic acids is 3. The highest BCUT2D eigenvalue weighted by Crippen LogP contribution is 2.33. The average molecular weight is 549 g/mol. The number of thioether (sulfide) groups is 1. The highest BCUT2D eigenvalue weighted by Gasteiger charge is 2.34. The number of carbonyl (C=O) groups is 3. The van der Waals surface area contributed by atoms with Crippen LogP contribution in [0.15, 0.2) is 71.6 Å². The van der Waals surface area contributed by atoms with Crippen molar-refractivity contribution in [2.75, 3.05) is 13.2 Å². The molecule has 178 valence electrons. The summed E-state index contributed by atoms with van der Waals surface area (Å²) in [7, 11) is 0. The molecule has 0 atom stereocenters. The van der Waals surface area contributed by atoms with E-state index in [1.165, 1.54) is 18.2 Å². The molecule has 0 bridgehead atoms. The molecule has 3 aromatic rings. The number of imide groups is 1. The maximum Gasteiger partial charge on any atom is 0.345 e. The first-order chi connectivity index (χ1) is 16.8. The van der Waals surface area contributed by atoms with E-state index < -0.39 is 11.9 Å². The Hall–Kier alpha value is -2.97. The van der Waals surface area contributed by atoms with E-state index >= 15 is 0 Å². The smallest absolute Gasteiger partial charge is 0.345 e. The molecule has 0 spiro atoms. The Morgan fingerprint density at radius 3 is 2.40 bits per heavy atom. The molecule has 6 nitrogen and oxygen atoms in total. The van der Waals surface area contributed by atoms with Gasteiger partial charge in [0, 0.05) is 10.0 Å². The maximum absolute atomic E-state index is 12.8. The SMILES string of the molecule is O=C(Oc1cccc(/C=C2\SC(=O)N(CCOc3ccc(Cl)cc3)C2=O)c1)c1ccc(Cl)cc1Cl. The molecule has 0 unspecified atom stereocenters. The standard InChI is InChI=1S/C25H16Cl3NO5S/c26-16-4-7-18(8-5-16)33-11-10-29-23(30)22(35-25(29)32)13-15-2-1-3-19(12-15)34-24(31)20-9-6-17(27)14-21(20)28/h1-9,12-14H,10-11H2/b22-13-. The molecule has 2 amide bonds. The minimum absolute atomic E-state index is 0.101. The van der Waals surface area contributed by atoms with Crippen molar-refractivity contribution in [1.29, 1.82) is 0 Å². The van der Waals surface area contributed by atoms with Gasteiger partial charge in [0.25, 0.3) is 11.1 Å². The average Bonchev–Trinajstić information content (AvgIpc) is 3.07. The predicted molar refractivity (Wildman–Crippen MR) is 137 cm³/mol. The number of amides is 2. The van der Waals surface area contributed by atoms with Crippen molar-refractivity contribution in [2.45, 2.75) is 0 Å². The van der Waals surface area contributed by atoms with Crippen molar-refractivity contribution in [1.82, 2.24) is 4.90 Å². The van der Waals surface area contributed by atoms with Crippen LogP contribution in [-0.4, -0.2) is 35.2 Å². The van der Waals surface area contributed by atoms with Gasteiger partial charge >= 0.3 is 5.97 Å². The molecule has 0 radical (unpaired) electrons. The van der Waals surface area contributed by atoms with Crippen LogP contribution in [0.5, 0.6) is 11.5 Å². The van der Waals surface area contributed by atoms with Crippen molar-refractivity contribution in [3.05, 3.63) is 97.8 Å². The Morgan fingerprint density at radius 1 is 0.914 bits per heavy atom. The van der Waals surface area contributed by atoms with E-state index in [2.05, 4.69) is 0 Å². The molecule has 0 saturated carbocycles. The number of esters is 1. The Kier molecular flexibility index (Phi) is 8.03. The van der Waals surface area contributed by atoms with Crippen molar-refractivity contribution >= 4 is 69.8 Å². The van der Waals surface area contributed by atoms with Gasteiger partial charge in [0.05, 0.1) is 22.0 Å². The largest absolute Gasteiger partial charge is 0.492 e. The number of nitrogens with zero attached hydrogens (tertiary/aromatic N) is 1. The van der Waals surface area contributed by atoms with Crippen LogP contribution in [0.1, 0.15) is 15.9 Å². The minimum atomic E-state index is -0.648. The second kappa shape index (κ2) is 11.2. The highest BCUT2D eigenvalue weighted by molar-refractivity contribution is 8.18. The fourth-order valence-corrected chi connectivity index (χ4v) is 4.59. The fraction of sp³-hybridized carbons (Fsp3) is 0.0800. The van der Waals surface area contributed by atoms with E-state index in [1.807, 2.05) is 0 Å². The van der Waals surface area contributed by atoms with E-state index in [0.717, 1.165) is 16.7 Å². The Morgan fingerprint density at radius 2 is 1.66 bits per heavy atom. The number of ether oxygens (including phenoxy) is 2. The second-order valence-corrected chi connectivity index (χ2v) is 9.50. The normalized spacial score (nSPS) is 14.5. The van der Waals surface area contributed by atoms with Crippen LogP contribution in [-0.2, 0) is 4.79 Å². The van der Waals surface area contributed by atoms with Crippen LogP contribution in [0.4, 0.5) is 4.79 Å². The van der Waals surface area contributed by atoms with E-state index in [1.54, 1.807) is 54.6 Å². The highest BCUT2D eigenvalue weighted by atomic mass is 35.5. The van der Waals surface area contributed by atoms with E-state index in [4.69, 9.17) is 44.3 Å². The van der Waals surface area contributed by atoms with Crippen molar-refractivity contribution in [3.8, 4) is 11.5 Å². The molecule has 10 heteroatoms. The Balaban J connectivity index is 1.40. The summed E-state index contributed by atoms with van der Waals surface area (Å²) in [5.74, 6) is -0.228. The lowest BCUT2D eigenvalue weighted by Gasteiger charge is -2.13. The van der Waals surface area contributed by atoms with Gasteiger partial charge in [0.2, 0.25) is 0 Å². The fourth-order valence-electron chi connectivity index (χ4n) is 3.11. The number of halogens is 3. The molecule has 1 aliphatic heterocycles. The second-order valence-electron chi connectivity index (χ2n) is 7.22. The number of benzene rings is 3. The quantitative estimate of drug-likeness (QED) is 0.180. The summed E-state index contributed by atoms with van der Waals surface area (Å²) in [4.78, 5) is 39.0. The minimum Gasteiger partial charge on any atom is -0.492 e. The van der Waals surface area contributed by atoms with E-state index in [9.17, 15) is 14.4 Å². The van der Waals surface area contributed by atoms with E-state index in [0.29, 0.717) is 21.4 Å². The molecule has 0 N–H and O–H groups in total. The van der Waals surface area contributed by atoms with Gasteiger partial charge in [-0.05, 0) is 78.0 Å². The van der Waals surface area contributed by atoms with Crippen LogP contribution in [0.25, 0.3) is 6.08 Å². The van der Waals surface area contributed by atoms with Crippen LogP contribution in [0.2, 0.25) is 15.1 Å². The Labute approximate surface area is 220 Å². The van der Waals surface area contributed by atoms with Crippen molar-refractivity contribution in [2.24, 2.45) is 0 Å². The molecular formula is C25H16Cl3NO5S. The third-order valence-electron chi connectivity index (χ3n) is 4.79. The summed E-state index contributed by atoms with van der Waals surface area (Å²) < 4.78 is 11.0. The zero-order valence-electron chi connectivity index (χ0n) is 17.9. The lowest BCUT2D eigenvalue weighted by molar-refractivity contribution is -0.123. The van der Waals surface area contributed by atoms with Gasteiger partial charge in [0.15, 0.2) is 0 Å². The number of hydrogen-bond donors (Lipinski definition) is 0. The van der Waals surface area contributed by atoms with Gasteiger partial charge < -0.3 is 9.47 Å². The summed E-state index contributed by atoms with van der Waals surface area (Å²) in [5.41, 5.74) is 0.754. The lowest BCUT2D eigenvalue weighted by Crippen LogP contribution is -2.32. The Bertz CT molecular complexity index is 1330. The van der Waals surface area contributed by atoms with Crippen LogP contribution in [0.3, 0.4) is 0 Å².